The van der Waals surface area contributed by atoms with E-state index in [1.807, 2.05) is 12.3 Å². The first kappa shape index (κ1) is 28.4. The van der Waals surface area contributed by atoms with Crippen molar-refractivity contribution < 1.29 is 0 Å². The van der Waals surface area contributed by atoms with Crippen LogP contribution in [0.1, 0.15) is 28.4 Å². The Morgan fingerprint density at radius 3 is 1.98 bits per heavy atom. The Labute approximate surface area is 275 Å². The Bertz CT molecular complexity index is 2270. The van der Waals surface area contributed by atoms with Gasteiger partial charge in [-0.15, -0.1) is 0 Å². The molecule has 6 aromatic carbocycles. The summed E-state index contributed by atoms with van der Waals surface area (Å²) in [5.74, 6) is 0. The first-order valence-electron chi connectivity index (χ1n) is 16.0. The number of nitrogens with one attached hydrogen (secondary N) is 1. The third-order valence-electron chi connectivity index (χ3n) is 8.90. The van der Waals surface area contributed by atoms with Crippen LogP contribution in [0.15, 0.2) is 175 Å². The quantitative estimate of drug-likeness (QED) is 0.205. The lowest BCUT2D eigenvalue weighted by atomic mass is 9.94. The van der Waals surface area contributed by atoms with E-state index in [9.17, 15) is 0 Å². The number of aromatic nitrogens is 1. The molecule has 0 amide bonds. The molecule has 2 heterocycles. The van der Waals surface area contributed by atoms with E-state index in [0.717, 1.165) is 39.2 Å². The summed E-state index contributed by atoms with van der Waals surface area (Å²) >= 11 is 0. The van der Waals surface area contributed by atoms with E-state index in [1.54, 1.807) is 6.20 Å². The highest BCUT2D eigenvalue weighted by molar-refractivity contribution is 6.13. The molecule has 47 heavy (non-hydrogen) atoms. The van der Waals surface area contributed by atoms with Gasteiger partial charge in [-0.05, 0) is 92.5 Å². The standard InChI is InChI=1S/C44H33N3/c1-30-24-34-12-5-6-13-36(34)27-41(30)37-15-8-17-39(26-37)44-46-42(33-21-19-32(20-22-33)31-10-3-2-4-11-31)28-43(47-44)38-16-7-14-35(25-38)40-18-9-23-45-29-40/h2-29,44,46H,1H3. The molecule has 1 aliphatic rings. The molecule has 0 fully saturated rings. The molecule has 1 aliphatic heterocycles. The topological polar surface area (TPSA) is 37.3 Å². The van der Waals surface area contributed by atoms with Crippen molar-refractivity contribution >= 4 is 22.2 Å². The predicted octanol–water partition coefficient (Wildman–Crippen LogP) is 10.7. The molecular formula is C44H33N3. The molecule has 0 spiro atoms. The number of benzene rings is 6. The number of allylic oxidation sites excluding steroid dienone is 1. The number of hydrogen-bond acceptors (Lipinski definition) is 3. The number of aliphatic imine (C=N–C) groups is 1. The average molecular weight is 604 g/mol. The van der Waals surface area contributed by atoms with Crippen molar-refractivity contribution in [2.24, 2.45) is 4.99 Å². The molecule has 224 valence electrons. The van der Waals surface area contributed by atoms with Gasteiger partial charge in [-0.2, -0.15) is 0 Å². The maximum absolute atomic E-state index is 5.32. The lowest BCUT2D eigenvalue weighted by Crippen LogP contribution is -2.25. The summed E-state index contributed by atoms with van der Waals surface area (Å²) in [6.07, 6.45) is 5.62. The van der Waals surface area contributed by atoms with Crippen LogP contribution in [-0.2, 0) is 0 Å². The highest BCUT2D eigenvalue weighted by Gasteiger charge is 2.21. The zero-order valence-electron chi connectivity index (χ0n) is 26.1. The zero-order chi connectivity index (χ0) is 31.6. The molecule has 0 saturated carbocycles. The molecule has 7 aromatic rings. The monoisotopic (exact) mass is 603 g/mol. The van der Waals surface area contributed by atoms with Gasteiger partial charge in [-0.1, -0.05) is 127 Å². The average Bonchev–Trinajstić information content (AvgIpc) is 3.15. The maximum atomic E-state index is 5.32. The van der Waals surface area contributed by atoms with Crippen LogP contribution >= 0.6 is 0 Å². The van der Waals surface area contributed by atoms with E-state index in [1.165, 1.54) is 38.6 Å². The number of hydrogen-bond donors (Lipinski definition) is 1. The summed E-state index contributed by atoms with van der Waals surface area (Å²) in [4.78, 5) is 9.66. The Kier molecular flexibility index (Phi) is 7.49. The van der Waals surface area contributed by atoms with Gasteiger partial charge in [-0.3, -0.25) is 9.98 Å². The minimum absolute atomic E-state index is 0.262. The van der Waals surface area contributed by atoms with Gasteiger partial charge < -0.3 is 5.32 Å². The van der Waals surface area contributed by atoms with Crippen LogP contribution in [-0.4, -0.2) is 10.7 Å². The minimum atomic E-state index is -0.262. The second-order valence-electron chi connectivity index (χ2n) is 12.0. The van der Waals surface area contributed by atoms with E-state index in [-0.39, 0.29) is 6.17 Å². The Morgan fingerprint density at radius 1 is 0.511 bits per heavy atom. The molecule has 1 unspecified atom stereocenters. The summed E-state index contributed by atoms with van der Waals surface area (Å²) in [6.45, 7) is 2.19. The molecule has 0 aliphatic carbocycles. The number of pyridine rings is 1. The molecule has 3 heteroatoms. The smallest absolute Gasteiger partial charge is 0.145 e. The van der Waals surface area contributed by atoms with Gasteiger partial charge in [0.05, 0.1) is 5.71 Å². The molecule has 0 saturated heterocycles. The second-order valence-corrected chi connectivity index (χ2v) is 12.0. The van der Waals surface area contributed by atoms with Crippen LogP contribution in [0, 0.1) is 6.92 Å². The fourth-order valence-electron chi connectivity index (χ4n) is 6.42. The van der Waals surface area contributed by atoms with E-state index in [0.29, 0.717) is 0 Å². The number of aryl methyl sites for hydroxylation is 1. The number of fused-ring (bicyclic) bond motifs is 1. The highest BCUT2D eigenvalue weighted by Crippen LogP contribution is 2.33. The highest BCUT2D eigenvalue weighted by atomic mass is 15.1. The van der Waals surface area contributed by atoms with Gasteiger partial charge >= 0.3 is 0 Å². The molecule has 1 N–H and O–H groups in total. The van der Waals surface area contributed by atoms with E-state index >= 15 is 0 Å². The lowest BCUT2D eigenvalue weighted by Gasteiger charge is -2.25. The fourth-order valence-corrected chi connectivity index (χ4v) is 6.42. The molecule has 1 atom stereocenters. The number of nitrogens with zero attached hydrogens (tertiary/aromatic N) is 2. The van der Waals surface area contributed by atoms with Crippen molar-refractivity contribution in [1.82, 2.24) is 10.3 Å². The SMILES string of the molecule is Cc1cc2ccccc2cc1-c1cccc(C2N=C(c3cccc(-c4cccnc4)c3)C=C(c3ccc(-c4ccccc4)cc3)N2)c1. The van der Waals surface area contributed by atoms with Gasteiger partial charge in [0.25, 0.3) is 0 Å². The second kappa shape index (κ2) is 12.4. The third kappa shape index (κ3) is 5.87. The van der Waals surface area contributed by atoms with Crippen molar-refractivity contribution in [1.29, 1.82) is 0 Å². The molecule has 3 nitrogen and oxygen atoms in total. The molecule has 0 bridgehead atoms. The van der Waals surface area contributed by atoms with Crippen LogP contribution in [0.5, 0.6) is 0 Å². The van der Waals surface area contributed by atoms with Crippen molar-refractivity contribution in [2.75, 3.05) is 0 Å². The summed E-state index contributed by atoms with van der Waals surface area (Å²) in [5.41, 5.74) is 13.6. The predicted molar refractivity (Wildman–Crippen MR) is 196 cm³/mol. The zero-order valence-corrected chi connectivity index (χ0v) is 26.1. The van der Waals surface area contributed by atoms with Gasteiger partial charge in [0, 0.05) is 29.2 Å². The van der Waals surface area contributed by atoms with Crippen molar-refractivity contribution in [2.45, 2.75) is 13.1 Å². The Hall–Kier alpha value is -6.06. The summed E-state index contributed by atoms with van der Waals surface area (Å²) in [7, 11) is 0. The van der Waals surface area contributed by atoms with Crippen molar-refractivity contribution in [3.05, 3.63) is 192 Å². The van der Waals surface area contributed by atoms with Crippen LogP contribution in [0.4, 0.5) is 0 Å². The van der Waals surface area contributed by atoms with Crippen LogP contribution in [0.3, 0.4) is 0 Å². The van der Waals surface area contributed by atoms with Gasteiger partial charge in [0.2, 0.25) is 0 Å². The van der Waals surface area contributed by atoms with E-state index in [4.69, 9.17) is 4.99 Å². The molecule has 1 aromatic heterocycles. The number of rotatable bonds is 6. The Balaban J connectivity index is 1.20. The minimum Gasteiger partial charge on any atom is -0.360 e. The fraction of sp³-hybridized carbons (Fsp3) is 0.0455. The summed E-state index contributed by atoms with van der Waals surface area (Å²) in [6, 6.07) is 53.9. The van der Waals surface area contributed by atoms with Crippen LogP contribution in [0.2, 0.25) is 0 Å². The molecular weight excluding hydrogens is 571 g/mol. The molecule has 8 rings (SSSR count). The van der Waals surface area contributed by atoms with Gasteiger partial charge in [-0.25, -0.2) is 0 Å². The van der Waals surface area contributed by atoms with Crippen LogP contribution in [0.25, 0.3) is 49.9 Å². The largest absolute Gasteiger partial charge is 0.360 e. The van der Waals surface area contributed by atoms with Crippen molar-refractivity contribution in [3.8, 4) is 33.4 Å². The normalized spacial score (nSPS) is 14.3. The van der Waals surface area contributed by atoms with Gasteiger partial charge in [0.15, 0.2) is 0 Å². The lowest BCUT2D eigenvalue weighted by molar-refractivity contribution is 0.664. The first-order chi connectivity index (χ1) is 23.2. The first-order valence-corrected chi connectivity index (χ1v) is 16.0. The molecule has 0 radical (unpaired) electrons. The van der Waals surface area contributed by atoms with Crippen LogP contribution < -0.4 is 5.32 Å². The van der Waals surface area contributed by atoms with Gasteiger partial charge in [0.1, 0.15) is 6.17 Å². The van der Waals surface area contributed by atoms with E-state index in [2.05, 4.69) is 169 Å². The van der Waals surface area contributed by atoms with Crippen molar-refractivity contribution in [3.63, 3.8) is 0 Å². The summed E-state index contributed by atoms with van der Waals surface area (Å²) in [5, 5.41) is 6.28. The third-order valence-corrected chi connectivity index (χ3v) is 8.90. The van der Waals surface area contributed by atoms with E-state index < -0.39 is 0 Å². The summed E-state index contributed by atoms with van der Waals surface area (Å²) < 4.78 is 0. The maximum Gasteiger partial charge on any atom is 0.145 e. The Morgan fingerprint density at radius 2 is 1.17 bits per heavy atom.